The van der Waals surface area contributed by atoms with Gasteiger partial charge in [0.2, 0.25) is 0 Å². The van der Waals surface area contributed by atoms with Crippen LogP contribution in [0.15, 0.2) is 36.8 Å². The summed E-state index contributed by atoms with van der Waals surface area (Å²) in [5.74, 6) is 0.490. The van der Waals surface area contributed by atoms with Gasteiger partial charge in [0, 0.05) is 37.1 Å². The fourth-order valence-corrected chi connectivity index (χ4v) is 3.58. The van der Waals surface area contributed by atoms with Crippen LogP contribution in [0, 0.1) is 5.92 Å². The first-order valence-electron chi connectivity index (χ1n) is 7.62. The molecule has 1 aliphatic carbocycles. The van der Waals surface area contributed by atoms with Crippen LogP contribution in [0.5, 0.6) is 0 Å². The van der Waals surface area contributed by atoms with Gasteiger partial charge in [-0.1, -0.05) is 6.07 Å². The quantitative estimate of drug-likeness (QED) is 0.931. The summed E-state index contributed by atoms with van der Waals surface area (Å²) in [6.45, 7) is 1.37. The molecule has 0 spiro atoms. The Hall–Kier alpha value is -2.21. The fraction of sp³-hybridized carbons (Fsp3) is 0.438. The van der Waals surface area contributed by atoms with Crippen molar-refractivity contribution >= 4 is 5.91 Å². The van der Waals surface area contributed by atoms with Gasteiger partial charge in [0.1, 0.15) is 5.69 Å². The number of amides is 1. The van der Waals surface area contributed by atoms with Gasteiger partial charge in [-0.25, -0.2) is 0 Å². The molecule has 0 aromatic carbocycles. The van der Waals surface area contributed by atoms with E-state index in [-0.39, 0.29) is 12.0 Å². The van der Waals surface area contributed by atoms with E-state index in [2.05, 4.69) is 15.2 Å². The van der Waals surface area contributed by atoms with Gasteiger partial charge in [0.15, 0.2) is 0 Å². The number of aromatic nitrogens is 3. The molecule has 2 bridgehead atoms. The van der Waals surface area contributed by atoms with Crippen molar-refractivity contribution in [2.24, 2.45) is 5.92 Å². The third-order valence-electron chi connectivity index (χ3n) is 4.66. The molecule has 2 aliphatic rings. The number of hydrogen-bond donors (Lipinski definition) is 1. The van der Waals surface area contributed by atoms with Crippen LogP contribution < -0.4 is 0 Å². The molecule has 6 nitrogen and oxygen atoms in total. The van der Waals surface area contributed by atoms with E-state index >= 15 is 0 Å². The van der Waals surface area contributed by atoms with Crippen LogP contribution >= 0.6 is 0 Å². The minimum Gasteiger partial charge on any atom is -0.373 e. The van der Waals surface area contributed by atoms with E-state index in [9.17, 15) is 4.79 Å². The standard InChI is InChI=1S/C16H18N4O2/c21-16(14-3-5-18-19-14)20-9-12-6-13(20)7-15(12)22-10-11-2-1-4-17-8-11/h1-5,8,12-13,15H,6-7,9-10H2,(H,18,19). The van der Waals surface area contributed by atoms with Gasteiger partial charge >= 0.3 is 0 Å². The first-order chi connectivity index (χ1) is 10.8. The second kappa shape index (κ2) is 5.53. The molecule has 4 rings (SSSR count). The predicted molar refractivity (Wildman–Crippen MR) is 79.0 cm³/mol. The van der Waals surface area contributed by atoms with Crippen LogP contribution in [0.4, 0.5) is 0 Å². The highest BCUT2D eigenvalue weighted by Gasteiger charge is 2.47. The Morgan fingerprint density at radius 2 is 2.32 bits per heavy atom. The molecule has 3 unspecified atom stereocenters. The van der Waals surface area contributed by atoms with Gasteiger partial charge in [-0.15, -0.1) is 0 Å². The number of hydrogen-bond acceptors (Lipinski definition) is 4. The summed E-state index contributed by atoms with van der Waals surface area (Å²) < 4.78 is 6.04. The average Bonchev–Trinajstić information content (AvgIpc) is 3.29. The van der Waals surface area contributed by atoms with Crippen molar-refractivity contribution in [1.82, 2.24) is 20.1 Å². The Kier molecular flexibility index (Phi) is 3.38. The number of rotatable bonds is 4. The minimum absolute atomic E-state index is 0.0516. The van der Waals surface area contributed by atoms with Gasteiger partial charge in [-0.2, -0.15) is 5.10 Å². The third kappa shape index (κ3) is 2.39. The highest BCUT2D eigenvalue weighted by atomic mass is 16.5. The second-order valence-electron chi connectivity index (χ2n) is 6.02. The summed E-state index contributed by atoms with van der Waals surface area (Å²) in [6.07, 6.45) is 7.42. The molecule has 1 N–H and O–H groups in total. The number of piperidine rings is 1. The molecule has 114 valence electrons. The summed E-state index contributed by atoms with van der Waals surface area (Å²) >= 11 is 0. The Bertz CT molecular complexity index is 643. The van der Waals surface area contributed by atoms with Gasteiger partial charge in [-0.05, 0) is 30.5 Å². The molecule has 3 atom stereocenters. The molecule has 1 amide bonds. The van der Waals surface area contributed by atoms with E-state index in [1.54, 1.807) is 18.5 Å². The molecule has 2 fully saturated rings. The maximum atomic E-state index is 12.4. The monoisotopic (exact) mass is 298 g/mol. The third-order valence-corrected chi connectivity index (χ3v) is 4.66. The number of likely N-dealkylation sites (tertiary alicyclic amines) is 1. The number of carbonyl (C=O) groups is 1. The van der Waals surface area contributed by atoms with Crippen molar-refractivity contribution < 1.29 is 9.53 Å². The molecular formula is C16H18N4O2. The van der Waals surface area contributed by atoms with Crippen molar-refractivity contribution in [3.05, 3.63) is 48.0 Å². The van der Waals surface area contributed by atoms with Crippen molar-refractivity contribution in [2.75, 3.05) is 6.54 Å². The first kappa shape index (κ1) is 13.5. The van der Waals surface area contributed by atoms with E-state index in [1.807, 2.05) is 23.2 Å². The van der Waals surface area contributed by atoms with Crippen LogP contribution in [0.3, 0.4) is 0 Å². The molecular weight excluding hydrogens is 280 g/mol. The number of ether oxygens (including phenoxy) is 1. The molecule has 2 aromatic rings. The molecule has 2 aromatic heterocycles. The van der Waals surface area contributed by atoms with Gasteiger partial charge in [0.25, 0.3) is 5.91 Å². The van der Waals surface area contributed by atoms with E-state index in [0.29, 0.717) is 24.3 Å². The number of carbonyl (C=O) groups excluding carboxylic acids is 1. The maximum absolute atomic E-state index is 12.4. The number of fused-ring (bicyclic) bond motifs is 2. The number of H-pyrrole nitrogens is 1. The van der Waals surface area contributed by atoms with Crippen LogP contribution in [0.2, 0.25) is 0 Å². The Balaban J connectivity index is 1.35. The topological polar surface area (TPSA) is 71.1 Å². The summed E-state index contributed by atoms with van der Waals surface area (Å²) in [5.41, 5.74) is 1.66. The van der Waals surface area contributed by atoms with Crippen LogP contribution in [-0.2, 0) is 11.3 Å². The summed E-state index contributed by atoms with van der Waals surface area (Å²) in [4.78, 5) is 18.4. The van der Waals surface area contributed by atoms with Gasteiger partial charge in [0.05, 0.1) is 12.7 Å². The zero-order chi connectivity index (χ0) is 14.9. The molecule has 22 heavy (non-hydrogen) atoms. The Morgan fingerprint density at radius 1 is 1.36 bits per heavy atom. The number of nitrogens with one attached hydrogen (secondary N) is 1. The van der Waals surface area contributed by atoms with Crippen molar-refractivity contribution in [1.29, 1.82) is 0 Å². The molecule has 0 radical (unpaired) electrons. The average molecular weight is 298 g/mol. The number of aromatic amines is 1. The zero-order valence-electron chi connectivity index (χ0n) is 12.2. The lowest BCUT2D eigenvalue weighted by atomic mass is 10.1. The summed E-state index contributed by atoms with van der Waals surface area (Å²) in [6, 6.07) is 5.96. The van der Waals surface area contributed by atoms with Crippen LogP contribution in [0.1, 0.15) is 28.9 Å². The largest absolute Gasteiger partial charge is 0.373 e. The van der Waals surface area contributed by atoms with Gasteiger partial charge in [-0.3, -0.25) is 14.9 Å². The molecule has 1 saturated heterocycles. The summed E-state index contributed by atoms with van der Waals surface area (Å²) in [7, 11) is 0. The second-order valence-corrected chi connectivity index (χ2v) is 6.02. The molecule has 1 saturated carbocycles. The fourth-order valence-electron chi connectivity index (χ4n) is 3.58. The van der Waals surface area contributed by atoms with E-state index in [4.69, 9.17) is 4.74 Å². The zero-order valence-corrected chi connectivity index (χ0v) is 12.2. The maximum Gasteiger partial charge on any atom is 0.272 e. The van der Waals surface area contributed by atoms with Crippen LogP contribution in [0.25, 0.3) is 0 Å². The Labute approximate surface area is 128 Å². The lowest BCUT2D eigenvalue weighted by molar-refractivity contribution is -0.00806. The first-order valence-corrected chi connectivity index (χ1v) is 7.62. The van der Waals surface area contributed by atoms with Crippen molar-refractivity contribution in [3.8, 4) is 0 Å². The molecule has 1 aliphatic heterocycles. The lowest BCUT2D eigenvalue weighted by Gasteiger charge is -2.31. The number of pyridine rings is 1. The predicted octanol–water partition coefficient (Wildman–Crippen LogP) is 1.62. The smallest absolute Gasteiger partial charge is 0.272 e. The van der Waals surface area contributed by atoms with E-state index in [1.165, 1.54) is 0 Å². The van der Waals surface area contributed by atoms with E-state index < -0.39 is 0 Å². The van der Waals surface area contributed by atoms with Gasteiger partial charge < -0.3 is 9.64 Å². The highest BCUT2D eigenvalue weighted by Crippen LogP contribution is 2.40. The van der Waals surface area contributed by atoms with E-state index in [0.717, 1.165) is 24.9 Å². The lowest BCUT2D eigenvalue weighted by Crippen LogP contribution is -2.42. The normalized spacial score (nSPS) is 26.5. The molecule has 6 heteroatoms. The number of nitrogens with zero attached hydrogens (tertiary/aromatic N) is 3. The van der Waals surface area contributed by atoms with Crippen LogP contribution in [-0.4, -0.2) is 44.7 Å². The minimum atomic E-state index is 0.0516. The molecule has 3 heterocycles. The van der Waals surface area contributed by atoms with Crippen molar-refractivity contribution in [3.63, 3.8) is 0 Å². The summed E-state index contributed by atoms with van der Waals surface area (Å²) in [5, 5.41) is 6.60. The SMILES string of the molecule is O=C(c1ccn[nH]1)N1CC2CC1CC2OCc1cccnc1. The Morgan fingerprint density at radius 3 is 3.00 bits per heavy atom. The highest BCUT2D eigenvalue weighted by molar-refractivity contribution is 5.92. The van der Waals surface area contributed by atoms with Crippen molar-refractivity contribution in [2.45, 2.75) is 31.6 Å².